The van der Waals surface area contributed by atoms with E-state index in [1.54, 1.807) is 21.3 Å². The highest BCUT2D eigenvalue weighted by atomic mass is 16.5. The molecule has 5 aromatic rings. The Morgan fingerprint density at radius 3 is 2.30 bits per heavy atom. The zero-order chi connectivity index (χ0) is 30.9. The van der Waals surface area contributed by atoms with Crippen LogP contribution in [-0.4, -0.2) is 38.8 Å². The van der Waals surface area contributed by atoms with Crippen LogP contribution in [0.1, 0.15) is 47.3 Å². The van der Waals surface area contributed by atoms with Crippen LogP contribution >= 0.6 is 0 Å². The average Bonchev–Trinajstić information content (AvgIpc) is 3.07. The highest BCUT2D eigenvalue weighted by Gasteiger charge is 2.16. The van der Waals surface area contributed by atoms with E-state index in [4.69, 9.17) is 19.2 Å². The molecule has 1 amide bonds. The van der Waals surface area contributed by atoms with E-state index >= 15 is 0 Å². The van der Waals surface area contributed by atoms with E-state index in [1.165, 1.54) is 5.56 Å². The van der Waals surface area contributed by atoms with E-state index in [0.29, 0.717) is 11.3 Å². The minimum Gasteiger partial charge on any atom is -0.497 e. The number of pyridine rings is 1. The number of aromatic nitrogens is 1. The standard InChI is InChI=1S/C37H39N3O4/c1-25(28-15-20-35(43-3)36(22-28)44-4)38-21-9-8-10-26-13-16-29(17-14-26)39-37(41)32-24-34(27-11-6-5-7-12-27)40-33-19-18-30(42-2)23-31(32)33/h5-7,11-20,22-25,38H,8-10,21H2,1-4H3,(H,39,41). The molecule has 1 atom stereocenters. The van der Waals surface area contributed by atoms with Gasteiger partial charge in [-0.3, -0.25) is 4.79 Å². The van der Waals surface area contributed by atoms with Crippen LogP contribution in [0.4, 0.5) is 5.69 Å². The number of carbonyl (C=O) groups is 1. The van der Waals surface area contributed by atoms with Crippen LogP contribution in [0.25, 0.3) is 22.2 Å². The second-order valence-electron chi connectivity index (χ2n) is 10.7. The third kappa shape index (κ3) is 7.36. The number of nitrogens with zero attached hydrogens (tertiary/aromatic N) is 1. The molecule has 5 rings (SSSR count). The Labute approximate surface area is 259 Å². The second-order valence-corrected chi connectivity index (χ2v) is 10.7. The van der Waals surface area contributed by atoms with Gasteiger partial charge < -0.3 is 24.8 Å². The van der Waals surface area contributed by atoms with Crippen molar-refractivity contribution in [2.24, 2.45) is 0 Å². The molecule has 0 aliphatic carbocycles. The molecule has 2 N–H and O–H groups in total. The fourth-order valence-electron chi connectivity index (χ4n) is 5.24. The van der Waals surface area contributed by atoms with E-state index in [1.807, 2.05) is 78.9 Å². The first-order valence-corrected chi connectivity index (χ1v) is 14.9. The molecule has 0 bridgehead atoms. The van der Waals surface area contributed by atoms with Crippen molar-refractivity contribution in [1.29, 1.82) is 0 Å². The zero-order valence-electron chi connectivity index (χ0n) is 25.7. The number of hydrogen-bond acceptors (Lipinski definition) is 6. The van der Waals surface area contributed by atoms with Crippen LogP contribution in [-0.2, 0) is 6.42 Å². The van der Waals surface area contributed by atoms with E-state index < -0.39 is 0 Å². The monoisotopic (exact) mass is 589 g/mol. The lowest BCUT2D eigenvalue weighted by Gasteiger charge is -2.16. The average molecular weight is 590 g/mol. The third-order valence-electron chi connectivity index (χ3n) is 7.79. The third-order valence-corrected chi connectivity index (χ3v) is 7.79. The van der Waals surface area contributed by atoms with Gasteiger partial charge in [0.2, 0.25) is 0 Å². The molecule has 0 spiro atoms. The molecule has 0 aliphatic heterocycles. The van der Waals surface area contributed by atoms with Crippen molar-refractivity contribution in [2.45, 2.75) is 32.2 Å². The molecule has 7 heteroatoms. The number of unbranched alkanes of at least 4 members (excludes halogenated alkanes) is 1. The second kappa shape index (κ2) is 14.5. The largest absolute Gasteiger partial charge is 0.497 e. The smallest absolute Gasteiger partial charge is 0.256 e. The normalized spacial score (nSPS) is 11.6. The number of aryl methyl sites for hydroxylation is 1. The van der Waals surface area contributed by atoms with Crippen molar-refractivity contribution < 1.29 is 19.0 Å². The highest BCUT2D eigenvalue weighted by molar-refractivity contribution is 6.13. The van der Waals surface area contributed by atoms with Gasteiger partial charge >= 0.3 is 0 Å². The van der Waals surface area contributed by atoms with Crippen molar-refractivity contribution in [3.05, 3.63) is 114 Å². The molecule has 7 nitrogen and oxygen atoms in total. The number of nitrogens with one attached hydrogen (secondary N) is 2. The van der Waals surface area contributed by atoms with Crippen LogP contribution in [0.3, 0.4) is 0 Å². The predicted octanol–water partition coefficient (Wildman–Crippen LogP) is 7.85. The molecule has 0 saturated heterocycles. The van der Waals surface area contributed by atoms with Crippen molar-refractivity contribution in [3.8, 4) is 28.5 Å². The first kappa shape index (κ1) is 30.6. The van der Waals surface area contributed by atoms with Gasteiger partial charge in [-0.25, -0.2) is 4.98 Å². The quantitative estimate of drug-likeness (QED) is 0.136. The number of anilines is 1. The molecular weight excluding hydrogens is 550 g/mol. The first-order valence-electron chi connectivity index (χ1n) is 14.9. The first-order chi connectivity index (χ1) is 21.5. The number of ether oxygens (including phenoxy) is 3. The van der Waals surface area contributed by atoms with Crippen LogP contribution in [0.2, 0.25) is 0 Å². The number of amides is 1. The molecule has 44 heavy (non-hydrogen) atoms. The Hall–Kier alpha value is -4.88. The maximum Gasteiger partial charge on any atom is 0.256 e. The van der Waals surface area contributed by atoms with Gasteiger partial charge in [0.25, 0.3) is 5.91 Å². The summed E-state index contributed by atoms with van der Waals surface area (Å²) < 4.78 is 16.2. The number of methoxy groups -OCH3 is 3. The molecule has 226 valence electrons. The summed E-state index contributed by atoms with van der Waals surface area (Å²) in [7, 11) is 4.92. The van der Waals surface area contributed by atoms with E-state index in [-0.39, 0.29) is 11.9 Å². The topological polar surface area (TPSA) is 81.7 Å². The summed E-state index contributed by atoms with van der Waals surface area (Å²) in [6.45, 7) is 3.07. The van der Waals surface area contributed by atoms with Gasteiger partial charge in [0.1, 0.15) is 5.75 Å². The maximum atomic E-state index is 13.6. The minimum atomic E-state index is -0.190. The fraction of sp³-hybridized carbons (Fsp3) is 0.243. The Morgan fingerprint density at radius 2 is 1.57 bits per heavy atom. The van der Waals surface area contributed by atoms with Crippen molar-refractivity contribution in [2.75, 3.05) is 33.2 Å². The Balaban J connectivity index is 1.18. The fourth-order valence-corrected chi connectivity index (χ4v) is 5.24. The summed E-state index contributed by atoms with van der Waals surface area (Å²) in [6, 6.07) is 31.7. The van der Waals surface area contributed by atoms with Crippen LogP contribution in [0.15, 0.2) is 97.1 Å². The van der Waals surface area contributed by atoms with Crippen molar-refractivity contribution in [1.82, 2.24) is 10.3 Å². The van der Waals surface area contributed by atoms with Gasteiger partial charge in [-0.1, -0.05) is 48.5 Å². The lowest BCUT2D eigenvalue weighted by atomic mass is 10.0. The summed E-state index contributed by atoms with van der Waals surface area (Å²) in [4.78, 5) is 18.4. The lowest BCUT2D eigenvalue weighted by Crippen LogP contribution is -2.20. The number of fused-ring (bicyclic) bond motifs is 1. The van der Waals surface area contributed by atoms with E-state index in [0.717, 1.165) is 70.7 Å². The number of hydrogen-bond donors (Lipinski definition) is 2. The van der Waals surface area contributed by atoms with E-state index in [9.17, 15) is 4.79 Å². The minimum absolute atomic E-state index is 0.190. The lowest BCUT2D eigenvalue weighted by molar-refractivity contribution is 0.102. The van der Waals surface area contributed by atoms with Crippen molar-refractivity contribution in [3.63, 3.8) is 0 Å². The number of carbonyl (C=O) groups excluding carboxylic acids is 1. The summed E-state index contributed by atoms with van der Waals surface area (Å²) >= 11 is 0. The van der Waals surface area contributed by atoms with Crippen molar-refractivity contribution >= 4 is 22.5 Å². The molecule has 1 heterocycles. The van der Waals surface area contributed by atoms with Crippen LogP contribution in [0, 0.1) is 0 Å². The summed E-state index contributed by atoms with van der Waals surface area (Å²) in [5.41, 5.74) is 6.13. The highest BCUT2D eigenvalue weighted by Crippen LogP contribution is 2.30. The predicted molar refractivity (Wildman–Crippen MR) is 177 cm³/mol. The molecule has 1 unspecified atom stereocenters. The Kier molecular flexibility index (Phi) is 10.1. The molecular formula is C37H39N3O4. The SMILES string of the molecule is COc1ccc2nc(-c3ccccc3)cc(C(=O)Nc3ccc(CCCCNC(C)c4ccc(OC)c(OC)c4)cc3)c2c1. The van der Waals surface area contributed by atoms with Gasteiger partial charge in [0.15, 0.2) is 11.5 Å². The van der Waals surface area contributed by atoms with Gasteiger partial charge in [-0.05, 0) is 92.4 Å². The van der Waals surface area contributed by atoms with Gasteiger partial charge in [-0.2, -0.15) is 0 Å². The van der Waals surface area contributed by atoms with Gasteiger partial charge in [-0.15, -0.1) is 0 Å². The molecule has 0 radical (unpaired) electrons. The molecule has 4 aromatic carbocycles. The molecule has 0 fully saturated rings. The molecule has 1 aromatic heterocycles. The van der Waals surface area contributed by atoms with E-state index in [2.05, 4.69) is 35.8 Å². The molecule has 0 aliphatic rings. The maximum absolute atomic E-state index is 13.6. The summed E-state index contributed by atoms with van der Waals surface area (Å²) in [5.74, 6) is 1.96. The summed E-state index contributed by atoms with van der Waals surface area (Å²) in [6.07, 6.45) is 3.08. The number of benzene rings is 4. The Bertz CT molecular complexity index is 1700. The number of rotatable bonds is 13. The summed E-state index contributed by atoms with van der Waals surface area (Å²) in [5, 5.41) is 7.42. The van der Waals surface area contributed by atoms with Crippen LogP contribution in [0.5, 0.6) is 17.2 Å². The van der Waals surface area contributed by atoms with Crippen LogP contribution < -0.4 is 24.8 Å². The molecule has 0 saturated carbocycles. The zero-order valence-corrected chi connectivity index (χ0v) is 25.7. The van der Waals surface area contributed by atoms with Gasteiger partial charge in [0, 0.05) is 22.7 Å². The van der Waals surface area contributed by atoms with Gasteiger partial charge in [0.05, 0.1) is 38.1 Å². The Morgan fingerprint density at radius 1 is 0.795 bits per heavy atom.